The van der Waals surface area contributed by atoms with E-state index in [4.69, 9.17) is 9.47 Å². The van der Waals surface area contributed by atoms with E-state index in [1.807, 2.05) is 0 Å². The third-order valence-corrected chi connectivity index (χ3v) is 9.09. The van der Waals surface area contributed by atoms with Gasteiger partial charge in [-0.1, -0.05) is 6.07 Å². The third kappa shape index (κ3) is 4.93. The molecule has 0 aliphatic carbocycles. The van der Waals surface area contributed by atoms with E-state index in [0.29, 0.717) is 35.7 Å². The van der Waals surface area contributed by atoms with Crippen LogP contribution >= 0.6 is 0 Å². The number of Topliss-reactive ketones (excluding diaryl/α,β-unsaturated/α-hetero) is 1. The van der Waals surface area contributed by atoms with Crippen LogP contribution in [0.1, 0.15) is 35.6 Å². The van der Waals surface area contributed by atoms with Crippen LogP contribution in [0.25, 0.3) is 5.76 Å². The van der Waals surface area contributed by atoms with Crippen molar-refractivity contribution < 1.29 is 32.6 Å². The van der Waals surface area contributed by atoms with E-state index in [9.17, 15) is 23.1 Å². The SMILES string of the molecule is COc1ccc(OC)c(C2C(=C(O)c3ccc(S(=O)(=O)N4CCCC4)cc3)C(=O)C(=O)N2Cc2cccnc2)c1. The summed E-state index contributed by atoms with van der Waals surface area (Å²) in [4.78, 5) is 32.4. The molecule has 10 nitrogen and oxygen atoms in total. The molecule has 5 rings (SSSR count). The van der Waals surface area contributed by atoms with E-state index < -0.39 is 33.5 Å². The van der Waals surface area contributed by atoms with Gasteiger partial charge in [-0.15, -0.1) is 0 Å². The van der Waals surface area contributed by atoms with Gasteiger partial charge in [0.05, 0.1) is 30.7 Å². The molecule has 1 amide bonds. The van der Waals surface area contributed by atoms with Crippen molar-refractivity contribution in [2.45, 2.75) is 30.3 Å². The number of likely N-dealkylation sites (tertiary alicyclic amines) is 1. The molecule has 2 aliphatic heterocycles. The molecule has 0 bridgehead atoms. The van der Waals surface area contributed by atoms with Gasteiger partial charge in [-0.25, -0.2) is 8.42 Å². The van der Waals surface area contributed by atoms with E-state index in [1.54, 1.807) is 42.7 Å². The van der Waals surface area contributed by atoms with Crippen LogP contribution in [0.4, 0.5) is 0 Å². The van der Waals surface area contributed by atoms with Gasteiger partial charge in [-0.05, 0) is 66.9 Å². The minimum Gasteiger partial charge on any atom is -0.507 e. The van der Waals surface area contributed by atoms with E-state index in [2.05, 4.69) is 4.98 Å². The summed E-state index contributed by atoms with van der Waals surface area (Å²) in [5.41, 5.74) is 1.19. The van der Waals surface area contributed by atoms with Crippen LogP contribution < -0.4 is 9.47 Å². The quantitative estimate of drug-likeness (QED) is 0.251. The highest BCUT2D eigenvalue weighted by molar-refractivity contribution is 7.89. The number of amides is 1. The van der Waals surface area contributed by atoms with Crippen LogP contribution in [0.2, 0.25) is 0 Å². The number of methoxy groups -OCH3 is 2. The van der Waals surface area contributed by atoms with Crippen molar-refractivity contribution >= 4 is 27.5 Å². The molecule has 1 unspecified atom stereocenters. The molecule has 2 aromatic carbocycles. The lowest BCUT2D eigenvalue weighted by Crippen LogP contribution is -2.29. The number of hydrogen-bond acceptors (Lipinski definition) is 8. The average Bonchev–Trinajstić information content (AvgIpc) is 3.61. The topological polar surface area (TPSA) is 126 Å². The fourth-order valence-corrected chi connectivity index (χ4v) is 6.64. The number of aliphatic hydroxyl groups is 1. The Kier molecular flexibility index (Phi) is 7.59. The Balaban J connectivity index is 1.62. The first-order chi connectivity index (χ1) is 19.3. The first-order valence-electron chi connectivity index (χ1n) is 12.8. The van der Waals surface area contributed by atoms with E-state index in [-0.39, 0.29) is 22.6 Å². The van der Waals surface area contributed by atoms with Crippen molar-refractivity contribution in [2.75, 3.05) is 27.3 Å². The van der Waals surface area contributed by atoms with E-state index in [0.717, 1.165) is 12.8 Å². The summed E-state index contributed by atoms with van der Waals surface area (Å²) in [6.07, 6.45) is 4.82. The largest absolute Gasteiger partial charge is 0.507 e. The van der Waals surface area contributed by atoms with Crippen LogP contribution in [-0.2, 0) is 26.2 Å². The normalized spacial score (nSPS) is 19.2. The summed E-state index contributed by atoms with van der Waals surface area (Å²) >= 11 is 0. The van der Waals surface area contributed by atoms with Gasteiger partial charge in [0.2, 0.25) is 10.0 Å². The average molecular weight is 564 g/mol. The molecule has 3 heterocycles. The molecule has 1 N–H and O–H groups in total. The maximum absolute atomic E-state index is 13.5. The number of carbonyl (C=O) groups excluding carboxylic acids is 2. The van der Waals surface area contributed by atoms with Crippen molar-refractivity contribution in [1.29, 1.82) is 0 Å². The number of pyridine rings is 1. The zero-order valence-corrected chi connectivity index (χ0v) is 22.9. The number of hydrogen-bond donors (Lipinski definition) is 1. The number of ether oxygens (including phenoxy) is 2. The molecule has 2 fully saturated rings. The molecule has 11 heteroatoms. The monoisotopic (exact) mass is 563 g/mol. The zero-order valence-electron chi connectivity index (χ0n) is 22.1. The lowest BCUT2D eigenvalue weighted by atomic mass is 9.94. The molecule has 2 saturated heterocycles. The van der Waals surface area contributed by atoms with Crippen LogP contribution in [-0.4, -0.2) is 66.7 Å². The van der Waals surface area contributed by atoms with Gasteiger partial charge in [-0.2, -0.15) is 4.31 Å². The molecular weight excluding hydrogens is 534 g/mol. The summed E-state index contributed by atoms with van der Waals surface area (Å²) in [7, 11) is -0.697. The lowest BCUT2D eigenvalue weighted by Gasteiger charge is -2.27. The Labute approximate surface area is 232 Å². The Bertz CT molecular complexity index is 1560. The molecule has 3 aromatic rings. The van der Waals surface area contributed by atoms with E-state index in [1.165, 1.54) is 47.7 Å². The number of nitrogens with zero attached hydrogens (tertiary/aromatic N) is 3. The van der Waals surface area contributed by atoms with Gasteiger partial charge in [0.15, 0.2) is 0 Å². The molecule has 1 atom stereocenters. The summed E-state index contributed by atoms with van der Waals surface area (Å²) < 4.78 is 38.3. The molecule has 208 valence electrons. The standard InChI is InChI=1S/C29H29N3O7S/c1-38-21-9-12-24(39-2)23(16-21)26-25(28(34)29(35)32(26)18-19-6-5-13-30-17-19)27(33)20-7-10-22(11-8-20)40(36,37)31-14-3-4-15-31/h5-13,16-17,26,33H,3-4,14-15,18H2,1-2H3. The second kappa shape index (κ2) is 11.1. The van der Waals surface area contributed by atoms with Gasteiger partial charge < -0.3 is 19.5 Å². The molecular formula is C29H29N3O7S. The molecule has 0 spiro atoms. The van der Waals surface area contributed by atoms with Gasteiger partial charge in [-0.3, -0.25) is 14.6 Å². The maximum Gasteiger partial charge on any atom is 0.295 e. The summed E-state index contributed by atoms with van der Waals surface area (Å²) in [5.74, 6) is -1.23. The number of aliphatic hydroxyl groups excluding tert-OH is 1. The van der Waals surface area contributed by atoms with Crippen LogP contribution in [0, 0.1) is 0 Å². The Hall–Kier alpha value is -4.22. The number of benzene rings is 2. The predicted octanol–water partition coefficient (Wildman–Crippen LogP) is 3.51. The molecule has 40 heavy (non-hydrogen) atoms. The summed E-state index contributed by atoms with van der Waals surface area (Å²) in [6, 6.07) is 13.2. The summed E-state index contributed by atoms with van der Waals surface area (Å²) in [5, 5.41) is 11.5. The summed E-state index contributed by atoms with van der Waals surface area (Å²) in [6.45, 7) is 0.979. The van der Waals surface area contributed by atoms with Gasteiger partial charge in [0.1, 0.15) is 17.3 Å². The van der Waals surface area contributed by atoms with Gasteiger partial charge in [0, 0.05) is 43.2 Å². The van der Waals surface area contributed by atoms with Crippen molar-refractivity contribution in [3.8, 4) is 11.5 Å². The van der Waals surface area contributed by atoms with Crippen LogP contribution in [0.5, 0.6) is 11.5 Å². The number of ketones is 1. The second-order valence-corrected chi connectivity index (χ2v) is 11.5. The lowest BCUT2D eigenvalue weighted by molar-refractivity contribution is -0.140. The minimum atomic E-state index is -3.66. The highest BCUT2D eigenvalue weighted by Crippen LogP contribution is 2.44. The zero-order chi connectivity index (χ0) is 28.4. The second-order valence-electron chi connectivity index (χ2n) is 9.53. The number of rotatable bonds is 8. The molecule has 0 radical (unpaired) electrons. The Morgan fingerprint density at radius 2 is 1.75 bits per heavy atom. The van der Waals surface area contributed by atoms with Crippen LogP contribution in [0.15, 0.2) is 77.5 Å². The van der Waals surface area contributed by atoms with Crippen molar-refractivity contribution in [2.24, 2.45) is 0 Å². The Morgan fingerprint density at radius 3 is 2.38 bits per heavy atom. The van der Waals surface area contributed by atoms with Gasteiger partial charge in [0.25, 0.3) is 11.7 Å². The Morgan fingerprint density at radius 1 is 1.02 bits per heavy atom. The predicted molar refractivity (Wildman–Crippen MR) is 146 cm³/mol. The van der Waals surface area contributed by atoms with Gasteiger partial charge >= 0.3 is 0 Å². The first kappa shape index (κ1) is 27.4. The molecule has 0 saturated carbocycles. The highest BCUT2D eigenvalue weighted by Gasteiger charge is 2.47. The molecule has 1 aromatic heterocycles. The fraction of sp³-hybridized carbons (Fsp3) is 0.276. The number of carbonyl (C=O) groups is 2. The fourth-order valence-electron chi connectivity index (χ4n) is 5.13. The van der Waals surface area contributed by atoms with E-state index >= 15 is 0 Å². The van der Waals surface area contributed by atoms with Crippen molar-refractivity contribution in [1.82, 2.24) is 14.2 Å². The molecule has 2 aliphatic rings. The number of aromatic nitrogens is 1. The van der Waals surface area contributed by atoms with Crippen LogP contribution in [0.3, 0.4) is 0 Å². The minimum absolute atomic E-state index is 0.0488. The third-order valence-electron chi connectivity index (χ3n) is 7.18. The van der Waals surface area contributed by atoms with Crippen molar-refractivity contribution in [3.63, 3.8) is 0 Å². The smallest absolute Gasteiger partial charge is 0.295 e. The highest BCUT2D eigenvalue weighted by atomic mass is 32.2. The maximum atomic E-state index is 13.5. The van der Waals surface area contributed by atoms with Crippen molar-refractivity contribution in [3.05, 3.63) is 89.3 Å². The number of sulfonamides is 1. The first-order valence-corrected chi connectivity index (χ1v) is 14.2.